The van der Waals surface area contributed by atoms with Crippen molar-refractivity contribution >= 4 is 24.8 Å². The van der Waals surface area contributed by atoms with Gasteiger partial charge in [0.1, 0.15) is 5.82 Å². The summed E-state index contributed by atoms with van der Waals surface area (Å²) in [5, 5.41) is 0. The van der Waals surface area contributed by atoms with Crippen LogP contribution in [0.15, 0.2) is 12.1 Å². The molecule has 1 aromatic heterocycles. The summed E-state index contributed by atoms with van der Waals surface area (Å²) in [6.45, 7) is 7.78. The summed E-state index contributed by atoms with van der Waals surface area (Å²) in [7, 11) is -0.668. The van der Waals surface area contributed by atoms with Gasteiger partial charge in [0.25, 0.3) is 0 Å². The summed E-state index contributed by atoms with van der Waals surface area (Å²) in [6.07, 6.45) is 0.729. The molecule has 0 unspecified atom stereocenters. The van der Waals surface area contributed by atoms with Gasteiger partial charge in [0, 0.05) is 5.56 Å². The molecule has 0 spiro atoms. The van der Waals surface area contributed by atoms with Crippen LogP contribution in [0, 0.1) is 0 Å². The molecule has 2 heterocycles. The van der Waals surface area contributed by atoms with E-state index in [0.717, 1.165) is 6.29 Å². The number of rotatable bonds is 2. The Bertz CT molecular complexity index is 472. The third kappa shape index (κ3) is 2.02. The van der Waals surface area contributed by atoms with Crippen molar-refractivity contribution in [3.63, 3.8) is 0 Å². The molecule has 1 fully saturated rings. The summed E-state index contributed by atoms with van der Waals surface area (Å²) in [4.78, 5) is 15.2. The number of nitrogens with zero attached hydrogens (tertiary/aromatic N) is 1. The molecule has 0 saturated carbocycles. The van der Waals surface area contributed by atoms with Gasteiger partial charge in [-0.05, 0) is 39.8 Å². The smallest absolute Gasteiger partial charge is 0.398 e. The lowest BCUT2D eigenvalue weighted by molar-refractivity contribution is 0.00578. The molecule has 6 heteroatoms. The highest BCUT2D eigenvalue weighted by atomic mass is 16.7. The highest BCUT2D eigenvalue weighted by Crippen LogP contribution is 2.36. The number of pyridine rings is 1. The monoisotopic (exact) mass is 248 g/mol. The van der Waals surface area contributed by atoms with Crippen LogP contribution in [0.4, 0.5) is 5.82 Å². The van der Waals surface area contributed by atoms with Crippen LogP contribution >= 0.6 is 0 Å². The molecule has 1 aliphatic rings. The van der Waals surface area contributed by atoms with E-state index in [1.807, 2.05) is 27.7 Å². The second kappa shape index (κ2) is 4.07. The Labute approximate surface area is 107 Å². The number of carbonyl (C=O) groups is 1. The lowest BCUT2D eigenvalue weighted by Crippen LogP contribution is -2.41. The maximum absolute atomic E-state index is 11.0. The molecule has 1 aromatic rings. The molecule has 0 bridgehead atoms. The van der Waals surface area contributed by atoms with Gasteiger partial charge < -0.3 is 15.0 Å². The quantitative estimate of drug-likeness (QED) is 0.618. The topological polar surface area (TPSA) is 74.4 Å². The minimum Gasteiger partial charge on any atom is -0.398 e. The summed E-state index contributed by atoms with van der Waals surface area (Å²) in [6, 6.07) is 3.20. The first-order chi connectivity index (χ1) is 8.27. The van der Waals surface area contributed by atoms with E-state index in [2.05, 4.69) is 4.98 Å². The molecule has 96 valence electrons. The van der Waals surface area contributed by atoms with Crippen molar-refractivity contribution in [3.05, 3.63) is 17.7 Å². The molecular formula is C12H17BN2O3. The second-order valence-corrected chi connectivity index (χ2v) is 5.42. The number of hydrogen-bond acceptors (Lipinski definition) is 5. The Kier molecular flexibility index (Phi) is 2.95. The van der Waals surface area contributed by atoms with E-state index in [9.17, 15) is 4.79 Å². The maximum atomic E-state index is 11.0. The molecule has 0 atom stereocenters. The molecule has 0 aromatic carbocycles. The van der Waals surface area contributed by atoms with E-state index < -0.39 is 18.3 Å². The Morgan fingerprint density at radius 3 is 2.28 bits per heavy atom. The van der Waals surface area contributed by atoms with Gasteiger partial charge in [-0.15, -0.1) is 0 Å². The first kappa shape index (κ1) is 13.0. The molecule has 0 aliphatic carbocycles. The average molecular weight is 248 g/mol. The molecule has 18 heavy (non-hydrogen) atoms. The van der Waals surface area contributed by atoms with Gasteiger partial charge in [-0.1, -0.05) is 0 Å². The van der Waals surface area contributed by atoms with E-state index in [1.165, 1.54) is 0 Å². The van der Waals surface area contributed by atoms with Crippen LogP contribution in [0.5, 0.6) is 0 Å². The maximum Gasteiger partial charge on any atom is 0.515 e. The summed E-state index contributed by atoms with van der Waals surface area (Å²) >= 11 is 0. The van der Waals surface area contributed by atoms with Crippen molar-refractivity contribution in [2.75, 3.05) is 5.73 Å². The van der Waals surface area contributed by atoms with Crippen LogP contribution in [0.2, 0.25) is 0 Å². The summed E-state index contributed by atoms with van der Waals surface area (Å²) in [5.74, 6) is 0.338. The standard InChI is InChI=1S/C12H17BN2O3/c1-11(2)12(3,4)18-13(17-11)10-8(7-16)5-6-9(14)15-10/h5-7H,1-4H3,(H2,14,15). The summed E-state index contributed by atoms with van der Waals surface area (Å²) in [5.41, 5.74) is 5.58. The second-order valence-electron chi connectivity index (χ2n) is 5.42. The Morgan fingerprint density at radius 1 is 1.22 bits per heavy atom. The van der Waals surface area contributed by atoms with Crippen LogP contribution in [0.1, 0.15) is 38.1 Å². The minimum atomic E-state index is -0.668. The zero-order chi connectivity index (χ0) is 13.6. The largest absolute Gasteiger partial charge is 0.515 e. The van der Waals surface area contributed by atoms with E-state index >= 15 is 0 Å². The number of carbonyl (C=O) groups excluding carboxylic acids is 1. The predicted molar refractivity (Wildman–Crippen MR) is 69.8 cm³/mol. The fourth-order valence-corrected chi connectivity index (χ4v) is 1.74. The number of anilines is 1. The van der Waals surface area contributed by atoms with Crippen molar-refractivity contribution in [1.82, 2.24) is 4.98 Å². The van der Waals surface area contributed by atoms with Crippen LogP contribution in [0.25, 0.3) is 0 Å². The minimum absolute atomic E-state index is 0.338. The van der Waals surface area contributed by atoms with Gasteiger partial charge in [-0.25, -0.2) is 4.98 Å². The lowest BCUT2D eigenvalue weighted by Gasteiger charge is -2.32. The molecule has 1 aliphatic heterocycles. The molecule has 2 rings (SSSR count). The highest BCUT2D eigenvalue weighted by Gasteiger charge is 2.52. The number of aldehydes is 1. The number of nitrogen functional groups attached to an aromatic ring is 1. The zero-order valence-corrected chi connectivity index (χ0v) is 11.1. The van der Waals surface area contributed by atoms with Gasteiger partial charge >= 0.3 is 7.12 Å². The van der Waals surface area contributed by atoms with Gasteiger partial charge in [0.15, 0.2) is 6.29 Å². The number of aromatic nitrogens is 1. The fraction of sp³-hybridized carbons (Fsp3) is 0.500. The molecule has 0 radical (unpaired) electrons. The molecule has 5 nitrogen and oxygen atoms in total. The molecule has 2 N–H and O–H groups in total. The number of nitrogens with two attached hydrogens (primary N) is 1. The Balaban J connectivity index is 2.40. The van der Waals surface area contributed by atoms with Crippen molar-refractivity contribution < 1.29 is 14.1 Å². The van der Waals surface area contributed by atoms with Crippen LogP contribution in [0.3, 0.4) is 0 Å². The van der Waals surface area contributed by atoms with Gasteiger partial charge in [0.2, 0.25) is 0 Å². The first-order valence-corrected chi connectivity index (χ1v) is 5.84. The van der Waals surface area contributed by atoms with Crippen LogP contribution in [-0.2, 0) is 9.31 Å². The zero-order valence-electron chi connectivity index (χ0n) is 11.1. The van der Waals surface area contributed by atoms with Gasteiger partial charge in [-0.3, -0.25) is 4.79 Å². The van der Waals surface area contributed by atoms with E-state index in [4.69, 9.17) is 15.0 Å². The number of hydrogen-bond donors (Lipinski definition) is 1. The van der Waals surface area contributed by atoms with E-state index in [0.29, 0.717) is 17.0 Å². The van der Waals surface area contributed by atoms with E-state index in [-0.39, 0.29) is 0 Å². The summed E-state index contributed by atoms with van der Waals surface area (Å²) < 4.78 is 11.7. The van der Waals surface area contributed by atoms with E-state index in [1.54, 1.807) is 12.1 Å². The highest BCUT2D eigenvalue weighted by molar-refractivity contribution is 6.62. The van der Waals surface area contributed by atoms with Crippen molar-refractivity contribution in [2.24, 2.45) is 0 Å². The SMILES string of the molecule is CC1(C)OB(c2nc(N)ccc2C=O)OC1(C)C. The predicted octanol–water partition coefficient (Wildman–Crippen LogP) is 0.775. The van der Waals surface area contributed by atoms with Crippen LogP contribution < -0.4 is 11.3 Å². The average Bonchev–Trinajstić information content (AvgIpc) is 2.48. The van der Waals surface area contributed by atoms with Crippen molar-refractivity contribution in [2.45, 2.75) is 38.9 Å². The third-order valence-corrected chi connectivity index (χ3v) is 3.58. The normalized spacial score (nSPS) is 21.0. The fourth-order valence-electron chi connectivity index (χ4n) is 1.74. The van der Waals surface area contributed by atoms with Crippen molar-refractivity contribution in [3.8, 4) is 0 Å². The van der Waals surface area contributed by atoms with Gasteiger partial charge in [-0.2, -0.15) is 0 Å². The van der Waals surface area contributed by atoms with Gasteiger partial charge in [0.05, 0.1) is 16.8 Å². The third-order valence-electron chi connectivity index (χ3n) is 3.58. The Morgan fingerprint density at radius 2 is 1.78 bits per heavy atom. The van der Waals surface area contributed by atoms with Crippen molar-refractivity contribution in [1.29, 1.82) is 0 Å². The molecule has 1 saturated heterocycles. The first-order valence-electron chi connectivity index (χ1n) is 5.84. The lowest BCUT2D eigenvalue weighted by atomic mass is 9.81. The molecule has 0 amide bonds. The Hall–Kier alpha value is -1.40. The molecular weight excluding hydrogens is 231 g/mol. The van der Waals surface area contributed by atoms with Crippen LogP contribution in [-0.4, -0.2) is 29.6 Å².